The summed E-state index contributed by atoms with van der Waals surface area (Å²) in [5.74, 6) is 1.62. The summed E-state index contributed by atoms with van der Waals surface area (Å²) in [4.78, 5) is 0. The van der Waals surface area contributed by atoms with Crippen molar-refractivity contribution in [1.82, 2.24) is 5.32 Å². The Labute approximate surface area is 100 Å². The van der Waals surface area contributed by atoms with Gasteiger partial charge in [-0.25, -0.2) is 0 Å². The molecule has 1 N–H and O–H groups in total. The van der Waals surface area contributed by atoms with Gasteiger partial charge in [-0.2, -0.15) is 0 Å². The average Bonchev–Trinajstić information content (AvgIpc) is 2.12. The first kappa shape index (κ1) is 12.4. The molecule has 94 valence electrons. The van der Waals surface area contributed by atoms with Gasteiger partial charge in [0.15, 0.2) is 0 Å². The minimum absolute atomic E-state index is 0.238. The topological polar surface area (TPSA) is 21.3 Å². The van der Waals surface area contributed by atoms with E-state index in [9.17, 15) is 0 Å². The summed E-state index contributed by atoms with van der Waals surface area (Å²) < 4.78 is 6.02. The van der Waals surface area contributed by atoms with Gasteiger partial charge >= 0.3 is 0 Å². The Hall–Kier alpha value is -0.0800. The molecule has 2 atom stereocenters. The van der Waals surface area contributed by atoms with Gasteiger partial charge < -0.3 is 10.1 Å². The lowest BCUT2D eigenvalue weighted by Gasteiger charge is -2.42. The summed E-state index contributed by atoms with van der Waals surface area (Å²) in [6.07, 6.45) is 7.37. The summed E-state index contributed by atoms with van der Waals surface area (Å²) in [6.45, 7) is 8.86. The van der Waals surface area contributed by atoms with E-state index in [2.05, 4.69) is 26.1 Å². The third kappa shape index (κ3) is 3.21. The molecule has 0 bridgehead atoms. The Bertz CT molecular complexity index is 217. The minimum atomic E-state index is 0.238. The van der Waals surface area contributed by atoms with Crippen LogP contribution in [0.2, 0.25) is 0 Å². The summed E-state index contributed by atoms with van der Waals surface area (Å²) in [5.41, 5.74) is 0.238. The average molecular weight is 225 g/mol. The molecule has 1 saturated heterocycles. The third-order valence-electron chi connectivity index (χ3n) is 4.00. The molecular formula is C14H27NO. The van der Waals surface area contributed by atoms with Crippen LogP contribution in [0.25, 0.3) is 0 Å². The second-order valence-corrected chi connectivity index (χ2v) is 6.56. The Morgan fingerprint density at radius 2 is 1.88 bits per heavy atom. The van der Waals surface area contributed by atoms with Crippen molar-refractivity contribution in [2.75, 3.05) is 13.2 Å². The van der Waals surface area contributed by atoms with Crippen LogP contribution in [-0.4, -0.2) is 24.8 Å². The van der Waals surface area contributed by atoms with Crippen LogP contribution in [0.4, 0.5) is 0 Å². The highest BCUT2D eigenvalue weighted by molar-refractivity contribution is 4.87. The molecule has 2 unspecified atom stereocenters. The molecule has 16 heavy (non-hydrogen) atoms. The predicted molar refractivity (Wildman–Crippen MR) is 67.6 cm³/mol. The SMILES string of the molecule is CC(C)(C)NCC1CCCOC1C1CCC1. The van der Waals surface area contributed by atoms with Crippen molar-refractivity contribution in [3.63, 3.8) is 0 Å². The van der Waals surface area contributed by atoms with Crippen molar-refractivity contribution in [3.05, 3.63) is 0 Å². The molecule has 0 aromatic rings. The zero-order chi connectivity index (χ0) is 11.6. The van der Waals surface area contributed by atoms with Crippen LogP contribution < -0.4 is 5.32 Å². The molecule has 2 rings (SSSR count). The normalized spacial score (nSPS) is 32.4. The molecule has 0 amide bonds. The summed E-state index contributed by atoms with van der Waals surface area (Å²) in [5, 5.41) is 3.64. The van der Waals surface area contributed by atoms with Crippen molar-refractivity contribution < 1.29 is 4.74 Å². The fraction of sp³-hybridized carbons (Fsp3) is 1.00. The quantitative estimate of drug-likeness (QED) is 0.797. The van der Waals surface area contributed by atoms with Crippen molar-refractivity contribution in [1.29, 1.82) is 0 Å². The van der Waals surface area contributed by atoms with E-state index >= 15 is 0 Å². The number of nitrogens with one attached hydrogen (secondary N) is 1. The molecule has 1 heterocycles. The van der Waals surface area contributed by atoms with Crippen LogP contribution in [0.5, 0.6) is 0 Å². The lowest BCUT2D eigenvalue weighted by atomic mass is 9.74. The summed E-state index contributed by atoms with van der Waals surface area (Å²) in [6, 6.07) is 0. The Balaban J connectivity index is 1.84. The first-order chi connectivity index (χ1) is 7.56. The highest BCUT2D eigenvalue weighted by Gasteiger charge is 2.36. The molecule has 2 aliphatic rings. The second kappa shape index (κ2) is 5.05. The van der Waals surface area contributed by atoms with E-state index in [0.29, 0.717) is 6.10 Å². The maximum atomic E-state index is 6.02. The third-order valence-corrected chi connectivity index (χ3v) is 4.00. The molecule has 1 saturated carbocycles. The van der Waals surface area contributed by atoms with E-state index in [-0.39, 0.29) is 5.54 Å². The summed E-state index contributed by atoms with van der Waals surface area (Å²) >= 11 is 0. The van der Waals surface area contributed by atoms with Crippen molar-refractivity contribution >= 4 is 0 Å². The standard InChI is InChI=1S/C14H27NO/c1-14(2,3)15-10-12-8-5-9-16-13(12)11-6-4-7-11/h11-13,15H,4-10H2,1-3H3. The first-order valence-corrected chi connectivity index (χ1v) is 6.93. The van der Waals surface area contributed by atoms with Gasteiger partial charge in [-0.15, -0.1) is 0 Å². The van der Waals surface area contributed by atoms with Crippen molar-refractivity contribution in [2.24, 2.45) is 11.8 Å². The van der Waals surface area contributed by atoms with Gasteiger partial charge in [-0.1, -0.05) is 6.42 Å². The molecule has 0 radical (unpaired) electrons. The number of ether oxygens (including phenoxy) is 1. The maximum Gasteiger partial charge on any atom is 0.0643 e. The molecule has 2 nitrogen and oxygen atoms in total. The van der Waals surface area contributed by atoms with Crippen LogP contribution in [0, 0.1) is 11.8 Å². The largest absolute Gasteiger partial charge is 0.378 e. The van der Waals surface area contributed by atoms with E-state index in [1.54, 1.807) is 0 Å². The van der Waals surface area contributed by atoms with Crippen LogP contribution in [0.15, 0.2) is 0 Å². The minimum Gasteiger partial charge on any atom is -0.378 e. The van der Waals surface area contributed by atoms with Gasteiger partial charge in [-0.3, -0.25) is 0 Å². The lowest BCUT2D eigenvalue weighted by Crippen LogP contribution is -2.47. The van der Waals surface area contributed by atoms with Gasteiger partial charge in [0.05, 0.1) is 6.10 Å². The van der Waals surface area contributed by atoms with Gasteiger partial charge in [0.25, 0.3) is 0 Å². The molecule has 2 fully saturated rings. The van der Waals surface area contributed by atoms with Gasteiger partial charge in [0, 0.05) is 18.7 Å². The lowest BCUT2D eigenvalue weighted by molar-refractivity contribution is -0.0797. The van der Waals surface area contributed by atoms with E-state index in [0.717, 1.165) is 25.0 Å². The second-order valence-electron chi connectivity index (χ2n) is 6.56. The number of rotatable bonds is 3. The zero-order valence-corrected chi connectivity index (χ0v) is 11.1. The molecule has 2 heteroatoms. The summed E-state index contributed by atoms with van der Waals surface area (Å²) in [7, 11) is 0. The maximum absolute atomic E-state index is 6.02. The monoisotopic (exact) mass is 225 g/mol. The fourth-order valence-corrected chi connectivity index (χ4v) is 2.81. The zero-order valence-electron chi connectivity index (χ0n) is 11.1. The Morgan fingerprint density at radius 3 is 2.44 bits per heavy atom. The highest BCUT2D eigenvalue weighted by Crippen LogP contribution is 2.37. The molecule has 1 aliphatic carbocycles. The number of hydrogen-bond acceptors (Lipinski definition) is 2. The van der Waals surface area contributed by atoms with Crippen LogP contribution >= 0.6 is 0 Å². The molecule has 0 aromatic carbocycles. The van der Waals surface area contributed by atoms with Crippen LogP contribution in [-0.2, 0) is 4.74 Å². The Kier molecular flexibility index (Phi) is 3.91. The van der Waals surface area contributed by atoms with E-state index in [1.807, 2.05) is 0 Å². The van der Waals surface area contributed by atoms with Crippen molar-refractivity contribution in [2.45, 2.75) is 64.5 Å². The van der Waals surface area contributed by atoms with Crippen LogP contribution in [0.1, 0.15) is 52.9 Å². The van der Waals surface area contributed by atoms with Gasteiger partial charge in [-0.05, 0) is 58.3 Å². The number of hydrogen-bond donors (Lipinski definition) is 1. The molecule has 0 spiro atoms. The smallest absolute Gasteiger partial charge is 0.0643 e. The van der Waals surface area contributed by atoms with Gasteiger partial charge in [0.2, 0.25) is 0 Å². The molecule has 1 aliphatic heterocycles. The van der Waals surface area contributed by atoms with Gasteiger partial charge in [0.1, 0.15) is 0 Å². The van der Waals surface area contributed by atoms with E-state index in [1.165, 1.54) is 32.1 Å². The molecular weight excluding hydrogens is 198 g/mol. The van der Waals surface area contributed by atoms with E-state index in [4.69, 9.17) is 4.74 Å². The fourth-order valence-electron chi connectivity index (χ4n) is 2.81. The predicted octanol–water partition coefficient (Wildman–Crippen LogP) is 2.97. The van der Waals surface area contributed by atoms with Crippen molar-refractivity contribution in [3.8, 4) is 0 Å². The Morgan fingerprint density at radius 1 is 1.12 bits per heavy atom. The highest BCUT2D eigenvalue weighted by atomic mass is 16.5. The van der Waals surface area contributed by atoms with E-state index < -0.39 is 0 Å². The molecule has 0 aromatic heterocycles. The first-order valence-electron chi connectivity index (χ1n) is 6.93. The van der Waals surface area contributed by atoms with Crippen LogP contribution in [0.3, 0.4) is 0 Å².